The van der Waals surface area contributed by atoms with Crippen molar-refractivity contribution >= 4 is 52.0 Å². The molecule has 1 saturated heterocycles. The molecule has 4 rings (SSSR count). The molecule has 3 aromatic carbocycles. The first-order chi connectivity index (χ1) is 16.3. The summed E-state index contributed by atoms with van der Waals surface area (Å²) in [4.78, 5) is 49.7. The van der Waals surface area contributed by atoms with E-state index < -0.39 is 35.5 Å². The zero-order chi connectivity index (χ0) is 24.3. The Hall–Kier alpha value is -3.85. The van der Waals surface area contributed by atoms with Gasteiger partial charge >= 0.3 is 12.0 Å². The van der Waals surface area contributed by atoms with Crippen molar-refractivity contribution in [3.05, 3.63) is 72.3 Å². The number of hydrogen-bond acceptors (Lipinski definition) is 6. The molecule has 0 spiro atoms. The molecular weight excluding hydrogens is 454 g/mol. The lowest BCUT2D eigenvalue weighted by Crippen LogP contribution is -2.46. The van der Waals surface area contributed by atoms with Crippen molar-refractivity contribution < 1.29 is 23.9 Å². The molecule has 3 aromatic rings. The molecule has 1 heterocycles. The first kappa shape index (κ1) is 23.3. The Morgan fingerprint density at radius 3 is 2.50 bits per heavy atom. The number of esters is 1. The van der Waals surface area contributed by atoms with Gasteiger partial charge in [-0.2, -0.15) is 0 Å². The summed E-state index contributed by atoms with van der Waals surface area (Å²) in [5.74, 6) is -1.32. The fourth-order valence-electron chi connectivity index (χ4n) is 3.51. The van der Waals surface area contributed by atoms with Gasteiger partial charge < -0.3 is 15.4 Å². The molecule has 8 nitrogen and oxygen atoms in total. The van der Waals surface area contributed by atoms with Crippen molar-refractivity contribution in [1.82, 2.24) is 10.6 Å². The molecule has 1 aliphatic rings. The first-order valence-corrected chi connectivity index (χ1v) is 11.6. The fourth-order valence-corrected chi connectivity index (χ4v) is 4.64. The average molecular weight is 478 g/mol. The molecule has 174 valence electrons. The van der Waals surface area contributed by atoms with Crippen molar-refractivity contribution in [1.29, 1.82) is 0 Å². The van der Waals surface area contributed by atoms with Crippen molar-refractivity contribution in [2.45, 2.75) is 30.4 Å². The Morgan fingerprint density at radius 1 is 1.03 bits per heavy atom. The second-order valence-corrected chi connectivity index (χ2v) is 9.11. The molecule has 0 radical (unpaired) electrons. The van der Waals surface area contributed by atoms with E-state index in [2.05, 4.69) is 16.0 Å². The maximum Gasteiger partial charge on any atom is 0.340 e. The van der Waals surface area contributed by atoms with E-state index in [0.717, 1.165) is 10.8 Å². The van der Waals surface area contributed by atoms with Crippen LogP contribution in [0.25, 0.3) is 10.8 Å². The number of fused-ring (bicyclic) bond motifs is 1. The highest BCUT2D eigenvalue weighted by molar-refractivity contribution is 7.99. The lowest BCUT2D eigenvalue weighted by Gasteiger charge is -2.20. The number of rotatable bonds is 7. The Balaban J connectivity index is 1.43. The zero-order valence-electron chi connectivity index (χ0n) is 18.6. The normalized spacial score (nSPS) is 18.2. The van der Waals surface area contributed by atoms with E-state index in [1.165, 1.54) is 18.7 Å². The number of anilines is 1. The minimum atomic E-state index is -1.09. The predicted octanol–water partition coefficient (Wildman–Crippen LogP) is 3.71. The van der Waals surface area contributed by atoms with Gasteiger partial charge in [-0.1, -0.05) is 48.5 Å². The molecule has 9 heteroatoms. The van der Waals surface area contributed by atoms with Gasteiger partial charge in [-0.05, 0) is 37.4 Å². The van der Waals surface area contributed by atoms with Crippen LogP contribution < -0.4 is 16.0 Å². The minimum Gasteiger partial charge on any atom is -0.449 e. The van der Waals surface area contributed by atoms with Gasteiger partial charge in [0.15, 0.2) is 6.10 Å². The number of carbonyl (C=O) groups excluding carboxylic acids is 4. The van der Waals surface area contributed by atoms with Crippen LogP contribution in [-0.2, 0) is 14.3 Å². The second kappa shape index (κ2) is 9.56. The summed E-state index contributed by atoms with van der Waals surface area (Å²) in [7, 11) is 0. The number of imide groups is 1. The van der Waals surface area contributed by atoms with Crippen LogP contribution >= 0.6 is 11.8 Å². The molecule has 2 atom stereocenters. The Morgan fingerprint density at radius 2 is 1.74 bits per heavy atom. The predicted molar refractivity (Wildman–Crippen MR) is 130 cm³/mol. The van der Waals surface area contributed by atoms with Crippen molar-refractivity contribution in [2.75, 3.05) is 11.1 Å². The van der Waals surface area contributed by atoms with Crippen LogP contribution in [0, 0.1) is 0 Å². The monoisotopic (exact) mass is 477 g/mol. The fraction of sp³-hybridized carbons (Fsp3) is 0.200. The van der Waals surface area contributed by atoms with E-state index in [1.54, 1.807) is 37.3 Å². The molecule has 0 aliphatic carbocycles. The van der Waals surface area contributed by atoms with Gasteiger partial charge in [-0.25, -0.2) is 9.59 Å². The van der Waals surface area contributed by atoms with Crippen LogP contribution in [0.3, 0.4) is 0 Å². The summed E-state index contributed by atoms with van der Waals surface area (Å²) in [6, 6.07) is 19.4. The maximum absolute atomic E-state index is 12.9. The van der Waals surface area contributed by atoms with Crippen LogP contribution in [0.2, 0.25) is 0 Å². The minimum absolute atomic E-state index is 0.214. The van der Waals surface area contributed by atoms with Crippen molar-refractivity contribution in [2.24, 2.45) is 0 Å². The Labute approximate surface area is 200 Å². The van der Waals surface area contributed by atoms with Crippen LogP contribution in [0.1, 0.15) is 24.2 Å². The second-order valence-electron chi connectivity index (χ2n) is 8.09. The van der Waals surface area contributed by atoms with E-state index in [4.69, 9.17) is 4.74 Å². The highest BCUT2D eigenvalue weighted by Gasteiger charge is 2.42. The van der Waals surface area contributed by atoms with E-state index in [9.17, 15) is 19.2 Å². The third kappa shape index (κ3) is 4.89. The molecule has 34 heavy (non-hydrogen) atoms. The van der Waals surface area contributed by atoms with E-state index >= 15 is 0 Å². The maximum atomic E-state index is 12.9. The van der Waals surface area contributed by atoms with Gasteiger partial charge in [0.05, 0.1) is 5.56 Å². The lowest BCUT2D eigenvalue weighted by molar-refractivity contribution is -0.124. The quantitative estimate of drug-likeness (QED) is 0.272. The zero-order valence-corrected chi connectivity index (χ0v) is 19.4. The molecule has 3 N–H and O–H groups in total. The van der Waals surface area contributed by atoms with Gasteiger partial charge in [-0.15, -0.1) is 11.8 Å². The Kier molecular flexibility index (Phi) is 6.56. The van der Waals surface area contributed by atoms with E-state index in [0.29, 0.717) is 10.6 Å². The third-order valence-corrected chi connectivity index (χ3v) is 6.83. The van der Waals surface area contributed by atoms with Crippen molar-refractivity contribution in [3.63, 3.8) is 0 Å². The van der Waals surface area contributed by atoms with E-state index in [1.807, 2.05) is 36.4 Å². The summed E-state index contributed by atoms with van der Waals surface area (Å²) >= 11 is 1.24. The van der Waals surface area contributed by atoms with Gasteiger partial charge in [0.1, 0.15) is 5.54 Å². The topological polar surface area (TPSA) is 114 Å². The lowest BCUT2D eigenvalue weighted by atomic mass is 10.1. The summed E-state index contributed by atoms with van der Waals surface area (Å²) in [6.07, 6.45) is -1.04. The first-order valence-electron chi connectivity index (χ1n) is 10.6. The van der Waals surface area contributed by atoms with Gasteiger partial charge in [0, 0.05) is 21.7 Å². The van der Waals surface area contributed by atoms with Crippen LogP contribution in [0.5, 0.6) is 0 Å². The van der Waals surface area contributed by atoms with Crippen LogP contribution in [-0.4, -0.2) is 41.2 Å². The Bertz CT molecular complexity index is 1290. The summed E-state index contributed by atoms with van der Waals surface area (Å²) < 4.78 is 5.44. The smallest absolute Gasteiger partial charge is 0.340 e. The van der Waals surface area contributed by atoms with Crippen molar-refractivity contribution in [3.8, 4) is 0 Å². The number of urea groups is 1. The van der Waals surface area contributed by atoms with E-state index in [-0.39, 0.29) is 11.3 Å². The number of nitrogens with one attached hydrogen (secondary N) is 3. The highest BCUT2D eigenvalue weighted by atomic mass is 32.2. The molecule has 1 aliphatic heterocycles. The number of thioether (sulfide) groups is 1. The van der Waals surface area contributed by atoms with Crippen LogP contribution in [0.4, 0.5) is 10.5 Å². The number of amides is 4. The third-order valence-electron chi connectivity index (χ3n) is 5.44. The number of hydrogen-bond donors (Lipinski definition) is 3. The van der Waals surface area contributed by atoms with Gasteiger partial charge in [0.25, 0.3) is 11.8 Å². The average Bonchev–Trinajstić information content (AvgIpc) is 3.09. The van der Waals surface area contributed by atoms with Gasteiger partial charge in [0.2, 0.25) is 0 Å². The SMILES string of the molecule is C[C@@H](OC(=O)c1ccccc1SC[C@@]1(C)NC(=O)NC1=O)C(=O)Nc1cccc2ccccc12. The number of benzene rings is 3. The molecule has 1 fully saturated rings. The summed E-state index contributed by atoms with van der Waals surface area (Å²) in [5, 5.41) is 9.50. The molecule has 0 saturated carbocycles. The van der Waals surface area contributed by atoms with Gasteiger partial charge in [-0.3, -0.25) is 14.9 Å². The molecule has 4 amide bonds. The number of ether oxygens (including phenoxy) is 1. The summed E-state index contributed by atoms with van der Waals surface area (Å²) in [6.45, 7) is 3.12. The molecule has 0 aromatic heterocycles. The standard InChI is InChI=1S/C25H23N3O5S/c1-15(21(29)26-19-12-7-9-16-8-3-4-10-17(16)19)33-22(30)18-11-5-6-13-20(18)34-14-25(2)23(31)27-24(32)28-25/h3-13,15H,14H2,1-2H3,(H,26,29)(H2,27,28,31,32)/t15-,25-/m1/s1. The molecule has 0 unspecified atom stereocenters. The van der Waals surface area contributed by atoms with Crippen LogP contribution in [0.15, 0.2) is 71.6 Å². The molecule has 0 bridgehead atoms. The highest BCUT2D eigenvalue weighted by Crippen LogP contribution is 2.28. The number of carbonyl (C=O) groups is 4. The molecular formula is C25H23N3O5S. The summed E-state index contributed by atoms with van der Waals surface area (Å²) in [5.41, 5.74) is -0.192. The largest absolute Gasteiger partial charge is 0.449 e.